The van der Waals surface area contributed by atoms with Gasteiger partial charge in [0.1, 0.15) is 5.69 Å². The number of carbonyl (C=O) groups excluding carboxylic acids is 2. The van der Waals surface area contributed by atoms with Gasteiger partial charge in [-0.15, -0.1) is 0 Å². The van der Waals surface area contributed by atoms with Crippen molar-refractivity contribution < 1.29 is 9.59 Å². The lowest BCUT2D eigenvalue weighted by atomic mass is 9.98. The van der Waals surface area contributed by atoms with E-state index >= 15 is 0 Å². The number of hydrogen-bond acceptors (Lipinski definition) is 5. The van der Waals surface area contributed by atoms with E-state index in [1.54, 1.807) is 23.9 Å². The Morgan fingerprint density at radius 2 is 2.00 bits per heavy atom. The molecule has 1 aromatic heterocycles. The second-order valence-electron chi connectivity index (χ2n) is 4.90. The topological polar surface area (TPSA) is 141 Å². The molecule has 21 heavy (non-hydrogen) atoms. The lowest BCUT2D eigenvalue weighted by molar-refractivity contribution is -0.105. The Balaban J connectivity index is 2.72. The molecular weight excluding hydrogens is 272 g/mol. The third-order valence-corrected chi connectivity index (χ3v) is 3.34. The molecule has 0 aliphatic rings. The van der Waals surface area contributed by atoms with Crippen LogP contribution in [0.1, 0.15) is 23.3 Å². The number of rotatable bonds is 9. The van der Waals surface area contributed by atoms with Crippen LogP contribution in [-0.4, -0.2) is 36.1 Å². The molecule has 1 aromatic rings. The van der Waals surface area contributed by atoms with Crippen molar-refractivity contribution in [3.63, 3.8) is 0 Å². The second kappa shape index (κ2) is 8.40. The van der Waals surface area contributed by atoms with Crippen molar-refractivity contribution in [1.82, 2.24) is 9.88 Å². The Morgan fingerprint density at radius 3 is 2.52 bits per heavy atom. The first kappa shape index (κ1) is 17.2. The fourth-order valence-electron chi connectivity index (χ4n) is 2.21. The van der Waals surface area contributed by atoms with Gasteiger partial charge in [0.25, 0.3) is 5.91 Å². The molecule has 0 fully saturated rings. The average molecular weight is 296 g/mol. The molecule has 0 spiro atoms. The Morgan fingerprint density at radius 1 is 1.38 bits per heavy atom. The number of nitrogens with two attached hydrogens (primary N) is 3. The van der Waals surface area contributed by atoms with Crippen LogP contribution in [0, 0.1) is 5.92 Å². The minimum absolute atomic E-state index is 0.0387. The van der Waals surface area contributed by atoms with E-state index in [9.17, 15) is 9.59 Å². The number of anilines is 1. The molecule has 1 unspecified atom stereocenters. The molecule has 8 N–H and O–H groups in total. The number of nitrogens with one attached hydrogen (secondary N) is 2. The zero-order chi connectivity index (χ0) is 15.8. The molecule has 0 saturated heterocycles. The van der Waals surface area contributed by atoms with Crippen molar-refractivity contribution in [3.05, 3.63) is 18.0 Å². The van der Waals surface area contributed by atoms with E-state index in [1.165, 1.54) is 0 Å². The molecular formula is C13H24N6O2. The number of carbonyl (C=O) groups is 2. The SMILES string of the molecule is Cn1cc(NC=O)cc1C(=O)NC(N)C(CCN)CCN. The first-order valence-electron chi connectivity index (χ1n) is 6.86. The van der Waals surface area contributed by atoms with E-state index in [0.717, 1.165) is 0 Å². The largest absolute Gasteiger partial charge is 0.344 e. The Kier molecular flexibility index (Phi) is 6.86. The highest BCUT2D eigenvalue weighted by atomic mass is 16.2. The number of nitrogens with zero attached hydrogens (tertiary/aromatic N) is 1. The average Bonchev–Trinajstić information content (AvgIpc) is 2.80. The fraction of sp³-hybridized carbons (Fsp3) is 0.538. The quantitative estimate of drug-likeness (QED) is 0.291. The van der Waals surface area contributed by atoms with E-state index in [1.807, 2.05) is 0 Å². The maximum Gasteiger partial charge on any atom is 0.269 e. The van der Waals surface area contributed by atoms with Gasteiger partial charge in [0.2, 0.25) is 6.41 Å². The van der Waals surface area contributed by atoms with Gasteiger partial charge in [-0.05, 0) is 37.9 Å². The zero-order valence-corrected chi connectivity index (χ0v) is 12.2. The standard InChI is InChI=1S/C13H24N6O2/c1-19-7-10(17-8-20)6-11(19)13(21)18-12(16)9(2-4-14)3-5-15/h6-9,12H,2-5,14-16H2,1H3,(H,17,20)(H,18,21). The van der Waals surface area contributed by atoms with Crippen molar-refractivity contribution in [1.29, 1.82) is 0 Å². The Hall–Kier alpha value is -1.90. The van der Waals surface area contributed by atoms with Gasteiger partial charge in [0.15, 0.2) is 0 Å². The summed E-state index contributed by atoms with van der Waals surface area (Å²) in [5.74, 6) is -0.264. The van der Waals surface area contributed by atoms with Gasteiger partial charge in [-0.2, -0.15) is 0 Å². The van der Waals surface area contributed by atoms with E-state index in [2.05, 4.69) is 10.6 Å². The monoisotopic (exact) mass is 296 g/mol. The molecule has 0 aromatic carbocycles. The van der Waals surface area contributed by atoms with E-state index < -0.39 is 6.17 Å². The first-order chi connectivity index (χ1) is 10.0. The molecule has 0 bridgehead atoms. The minimum atomic E-state index is -0.512. The van der Waals surface area contributed by atoms with Gasteiger partial charge in [0, 0.05) is 13.2 Å². The summed E-state index contributed by atoms with van der Waals surface area (Å²) in [6.07, 6.45) is 3.09. The second-order valence-corrected chi connectivity index (χ2v) is 4.90. The number of aryl methyl sites for hydroxylation is 1. The summed E-state index contributed by atoms with van der Waals surface area (Å²) in [6.45, 7) is 0.984. The summed E-state index contributed by atoms with van der Waals surface area (Å²) in [5.41, 5.74) is 18.1. The summed E-state index contributed by atoms with van der Waals surface area (Å²) in [5, 5.41) is 5.25. The van der Waals surface area contributed by atoms with Crippen molar-refractivity contribution in [2.45, 2.75) is 19.0 Å². The number of hydrogen-bond donors (Lipinski definition) is 5. The van der Waals surface area contributed by atoms with Crippen LogP contribution in [-0.2, 0) is 11.8 Å². The third-order valence-electron chi connectivity index (χ3n) is 3.34. The van der Waals surface area contributed by atoms with Crippen molar-refractivity contribution >= 4 is 18.0 Å². The number of amides is 2. The van der Waals surface area contributed by atoms with E-state index in [-0.39, 0.29) is 11.8 Å². The molecule has 118 valence electrons. The highest BCUT2D eigenvalue weighted by Gasteiger charge is 2.20. The molecule has 2 amide bonds. The van der Waals surface area contributed by atoms with Gasteiger partial charge in [-0.1, -0.05) is 0 Å². The van der Waals surface area contributed by atoms with Crippen LogP contribution in [0.5, 0.6) is 0 Å². The Labute approximate surface area is 124 Å². The predicted octanol–water partition coefficient (Wildman–Crippen LogP) is -1.08. The van der Waals surface area contributed by atoms with Crippen LogP contribution >= 0.6 is 0 Å². The maximum absolute atomic E-state index is 12.2. The van der Waals surface area contributed by atoms with E-state index in [4.69, 9.17) is 17.2 Å². The normalized spacial score (nSPS) is 12.2. The summed E-state index contributed by atoms with van der Waals surface area (Å²) < 4.78 is 1.62. The number of aromatic nitrogens is 1. The van der Waals surface area contributed by atoms with Crippen LogP contribution < -0.4 is 27.8 Å². The van der Waals surface area contributed by atoms with Crippen molar-refractivity contribution in [2.24, 2.45) is 30.2 Å². The summed E-state index contributed by atoms with van der Waals surface area (Å²) in [4.78, 5) is 22.6. The predicted molar refractivity (Wildman–Crippen MR) is 81.4 cm³/mol. The molecule has 1 heterocycles. The van der Waals surface area contributed by atoms with Gasteiger partial charge in [0.05, 0.1) is 11.9 Å². The van der Waals surface area contributed by atoms with Crippen LogP contribution in [0.3, 0.4) is 0 Å². The van der Waals surface area contributed by atoms with Gasteiger partial charge >= 0.3 is 0 Å². The van der Waals surface area contributed by atoms with Crippen molar-refractivity contribution in [3.8, 4) is 0 Å². The highest BCUT2D eigenvalue weighted by Crippen LogP contribution is 2.14. The Bertz CT molecular complexity index is 467. The summed E-state index contributed by atoms with van der Waals surface area (Å²) in [7, 11) is 1.72. The van der Waals surface area contributed by atoms with Gasteiger partial charge < -0.3 is 32.4 Å². The minimum Gasteiger partial charge on any atom is -0.344 e. The van der Waals surface area contributed by atoms with E-state index in [0.29, 0.717) is 43.7 Å². The van der Waals surface area contributed by atoms with Crippen LogP contribution in [0.25, 0.3) is 0 Å². The molecule has 8 heteroatoms. The van der Waals surface area contributed by atoms with Crippen LogP contribution in [0.4, 0.5) is 5.69 Å². The van der Waals surface area contributed by atoms with Gasteiger partial charge in [-0.3, -0.25) is 9.59 Å². The molecule has 1 atom stereocenters. The van der Waals surface area contributed by atoms with Gasteiger partial charge in [-0.25, -0.2) is 0 Å². The third kappa shape index (κ3) is 4.85. The summed E-state index contributed by atoms with van der Waals surface area (Å²) in [6, 6.07) is 1.58. The molecule has 0 aliphatic heterocycles. The van der Waals surface area contributed by atoms with Crippen LogP contribution in [0.2, 0.25) is 0 Å². The zero-order valence-electron chi connectivity index (χ0n) is 12.2. The molecule has 0 aliphatic carbocycles. The first-order valence-corrected chi connectivity index (χ1v) is 6.86. The maximum atomic E-state index is 12.2. The molecule has 1 rings (SSSR count). The van der Waals surface area contributed by atoms with Crippen molar-refractivity contribution in [2.75, 3.05) is 18.4 Å². The van der Waals surface area contributed by atoms with Crippen LogP contribution in [0.15, 0.2) is 12.3 Å². The molecule has 0 saturated carbocycles. The molecule has 8 nitrogen and oxygen atoms in total. The summed E-state index contributed by atoms with van der Waals surface area (Å²) >= 11 is 0. The lowest BCUT2D eigenvalue weighted by Gasteiger charge is -2.24. The molecule has 0 radical (unpaired) electrons. The fourth-order valence-corrected chi connectivity index (χ4v) is 2.21. The smallest absolute Gasteiger partial charge is 0.269 e. The highest BCUT2D eigenvalue weighted by molar-refractivity contribution is 5.94. The lowest BCUT2D eigenvalue weighted by Crippen LogP contribution is -2.48.